The Balaban J connectivity index is 1.55. The summed E-state index contributed by atoms with van der Waals surface area (Å²) in [4.78, 5) is 15.6. The molecule has 2 heterocycles. The molecule has 0 radical (unpaired) electrons. The first kappa shape index (κ1) is 19.9. The number of benzene rings is 1. The molecule has 1 saturated carbocycles. The van der Waals surface area contributed by atoms with E-state index in [2.05, 4.69) is 17.1 Å². The molecule has 3 fully saturated rings. The maximum absolute atomic E-state index is 13.0. The van der Waals surface area contributed by atoms with Gasteiger partial charge >= 0.3 is 0 Å². The smallest absolute Gasteiger partial charge is 0.243 e. The van der Waals surface area contributed by atoms with Crippen molar-refractivity contribution in [1.82, 2.24) is 14.5 Å². The molecule has 0 bridgehead atoms. The maximum atomic E-state index is 13.0. The fraction of sp³-hybridized carbons (Fsp3) is 0.667. The van der Waals surface area contributed by atoms with Crippen LogP contribution in [0.5, 0.6) is 0 Å². The number of amides is 1. The third-order valence-electron chi connectivity index (χ3n) is 7.65. The van der Waals surface area contributed by atoms with Gasteiger partial charge in [0.25, 0.3) is 0 Å². The number of piperidine rings is 1. The SMILES string of the molecule is CCN1C[C@H]2C3(CCN(S(=O)(=O)c4ccccc4)CC3)CC[C@@]2(C(=O)NC)C1. The Hall–Kier alpha value is -1.44. The van der Waals surface area contributed by atoms with Crippen LogP contribution < -0.4 is 5.32 Å². The van der Waals surface area contributed by atoms with Gasteiger partial charge in [-0.2, -0.15) is 4.31 Å². The normalized spacial score (nSPS) is 30.4. The van der Waals surface area contributed by atoms with Crippen molar-refractivity contribution in [3.8, 4) is 0 Å². The molecule has 154 valence electrons. The van der Waals surface area contributed by atoms with Crippen molar-refractivity contribution in [2.24, 2.45) is 16.7 Å². The quantitative estimate of drug-likeness (QED) is 0.831. The standard InChI is InChI=1S/C21H31N3O3S/c1-3-23-15-18-20(9-10-21(18,16-23)19(25)22-2)11-13-24(14-12-20)28(26,27)17-7-5-4-6-8-17/h4-8,18H,3,9-16H2,1-2H3,(H,22,25)/t18-,21+/m0/s1. The Kier molecular flexibility index (Phi) is 5.04. The van der Waals surface area contributed by atoms with E-state index < -0.39 is 10.0 Å². The Morgan fingerprint density at radius 1 is 1.14 bits per heavy atom. The van der Waals surface area contributed by atoms with E-state index in [1.165, 1.54) is 0 Å². The molecule has 1 aliphatic carbocycles. The molecule has 1 aromatic carbocycles. The van der Waals surface area contributed by atoms with E-state index in [0.29, 0.717) is 23.9 Å². The third-order valence-corrected chi connectivity index (χ3v) is 9.56. The van der Waals surface area contributed by atoms with E-state index >= 15 is 0 Å². The molecule has 1 spiro atoms. The van der Waals surface area contributed by atoms with Gasteiger partial charge in [0, 0.05) is 33.2 Å². The largest absolute Gasteiger partial charge is 0.359 e. The lowest BCUT2D eigenvalue weighted by molar-refractivity contribution is -0.132. The zero-order valence-electron chi connectivity index (χ0n) is 16.9. The highest BCUT2D eigenvalue weighted by Gasteiger charge is 2.64. The summed E-state index contributed by atoms with van der Waals surface area (Å²) in [6.07, 6.45) is 3.64. The molecular formula is C21H31N3O3S. The number of carbonyl (C=O) groups is 1. The number of fused-ring (bicyclic) bond motifs is 2. The van der Waals surface area contributed by atoms with Crippen LogP contribution in [0.4, 0.5) is 0 Å². The van der Waals surface area contributed by atoms with E-state index in [4.69, 9.17) is 0 Å². The summed E-state index contributed by atoms with van der Waals surface area (Å²) < 4.78 is 27.6. The van der Waals surface area contributed by atoms with E-state index in [1.807, 2.05) is 6.07 Å². The van der Waals surface area contributed by atoms with Gasteiger partial charge in [-0.25, -0.2) is 8.42 Å². The van der Waals surface area contributed by atoms with Crippen molar-refractivity contribution < 1.29 is 13.2 Å². The van der Waals surface area contributed by atoms with Crippen LogP contribution in [0.1, 0.15) is 32.6 Å². The molecule has 1 aromatic rings. The fourth-order valence-electron chi connectivity index (χ4n) is 6.03. The molecule has 2 atom stereocenters. The number of hydrogen-bond acceptors (Lipinski definition) is 4. The number of nitrogens with one attached hydrogen (secondary N) is 1. The van der Waals surface area contributed by atoms with Gasteiger partial charge < -0.3 is 10.2 Å². The van der Waals surface area contributed by atoms with Crippen molar-refractivity contribution >= 4 is 15.9 Å². The summed E-state index contributed by atoms with van der Waals surface area (Å²) in [5.74, 6) is 0.492. The Labute approximate surface area is 168 Å². The maximum Gasteiger partial charge on any atom is 0.243 e. The molecule has 4 rings (SSSR count). The topological polar surface area (TPSA) is 69.7 Å². The molecule has 2 aliphatic heterocycles. The van der Waals surface area contributed by atoms with E-state index in [-0.39, 0.29) is 16.7 Å². The number of hydrogen-bond donors (Lipinski definition) is 1. The van der Waals surface area contributed by atoms with Crippen molar-refractivity contribution in [1.29, 1.82) is 0 Å². The summed E-state index contributed by atoms with van der Waals surface area (Å²) in [5.41, 5.74) is -0.218. The van der Waals surface area contributed by atoms with Gasteiger partial charge in [0.15, 0.2) is 0 Å². The third kappa shape index (κ3) is 2.90. The summed E-state index contributed by atoms with van der Waals surface area (Å²) >= 11 is 0. The molecule has 6 nitrogen and oxygen atoms in total. The summed E-state index contributed by atoms with van der Waals surface area (Å²) in [6, 6.07) is 8.71. The molecule has 0 unspecified atom stereocenters. The highest BCUT2D eigenvalue weighted by atomic mass is 32.2. The second kappa shape index (κ2) is 7.11. The minimum absolute atomic E-state index is 0.0825. The lowest BCUT2D eigenvalue weighted by atomic mass is 9.66. The first-order valence-electron chi connectivity index (χ1n) is 10.4. The zero-order chi connectivity index (χ0) is 20.0. The van der Waals surface area contributed by atoms with Crippen molar-refractivity contribution in [2.45, 2.75) is 37.5 Å². The Bertz CT molecular complexity index is 834. The van der Waals surface area contributed by atoms with Gasteiger partial charge in [-0.1, -0.05) is 25.1 Å². The van der Waals surface area contributed by atoms with Crippen LogP contribution >= 0.6 is 0 Å². The minimum Gasteiger partial charge on any atom is -0.359 e. The van der Waals surface area contributed by atoms with Crippen molar-refractivity contribution in [3.05, 3.63) is 30.3 Å². The summed E-state index contributed by atoms with van der Waals surface area (Å²) in [7, 11) is -1.70. The monoisotopic (exact) mass is 405 g/mol. The highest BCUT2D eigenvalue weighted by molar-refractivity contribution is 7.89. The average molecular weight is 406 g/mol. The first-order valence-corrected chi connectivity index (χ1v) is 11.8. The van der Waals surface area contributed by atoms with Gasteiger partial charge in [0.2, 0.25) is 15.9 Å². The van der Waals surface area contributed by atoms with Crippen molar-refractivity contribution in [2.75, 3.05) is 39.8 Å². The van der Waals surface area contributed by atoms with Gasteiger partial charge in [0.1, 0.15) is 0 Å². The zero-order valence-corrected chi connectivity index (χ0v) is 17.7. The van der Waals surface area contributed by atoms with Crippen LogP contribution in [0.2, 0.25) is 0 Å². The minimum atomic E-state index is -3.44. The second-order valence-electron chi connectivity index (χ2n) is 8.70. The predicted octanol–water partition coefficient (Wildman–Crippen LogP) is 1.94. The molecule has 2 saturated heterocycles. The molecule has 7 heteroatoms. The van der Waals surface area contributed by atoms with E-state index in [9.17, 15) is 13.2 Å². The Morgan fingerprint density at radius 2 is 1.82 bits per heavy atom. The van der Waals surface area contributed by atoms with Gasteiger partial charge in [-0.15, -0.1) is 0 Å². The lowest BCUT2D eigenvalue weighted by Crippen LogP contribution is -2.49. The number of sulfonamides is 1. The number of rotatable bonds is 4. The summed E-state index contributed by atoms with van der Waals surface area (Å²) in [6.45, 7) is 5.99. The fourth-order valence-corrected chi connectivity index (χ4v) is 7.49. The van der Waals surface area contributed by atoms with Gasteiger partial charge in [0.05, 0.1) is 10.3 Å². The Morgan fingerprint density at radius 3 is 2.43 bits per heavy atom. The van der Waals surface area contributed by atoms with E-state index in [0.717, 1.165) is 45.3 Å². The van der Waals surface area contributed by atoms with Gasteiger partial charge in [-0.05, 0) is 55.7 Å². The molecule has 3 aliphatic rings. The molecular weight excluding hydrogens is 374 g/mol. The molecule has 0 aromatic heterocycles. The van der Waals surface area contributed by atoms with Crippen LogP contribution in [0.25, 0.3) is 0 Å². The molecule has 28 heavy (non-hydrogen) atoms. The second-order valence-corrected chi connectivity index (χ2v) is 10.6. The van der Waals surface area contributed by atoms with Crippen LogP contribution in [0.3, 0.4) is 0 Å². The summed E-state index contributed by atoms with van der Waals surface area (Å²) in [5, 5.41) is 2.92. The molecule has 1 N–H and O–H groups in total. The number of carbonyl (C=O) groups excluding carboxylic acids is 1. The molecule has 1 amide bonds. The van der Waals surface area contributed by atoms with Crippen LogP contribution in [0.15, 0.2) is 35.2 Å². The first-order chi connectivity index (χ1) is 13.4. The van der Waals surface area contributed by atoms with Gasteiger partial charge in [-0.3, -0.25) is 4.79 Å². The predicted molar refractivity (Wildman–Crippen MR) is 108 cm³/mol. The van der Waals surface area contributed by atoms with Crippen LogP contribution in [0, 0.1) is 16.7 Å². The van der Waals surface area contributed by atoms with Crippen molar-refractivity contribution in [3.63, 3.8) is 0 Å². The van der Waals surface area contributed by atoms with Crippen LogP contribution in [-0.2, 0) is 14.8 Å². The lowest BCUT2D eigenvalue weighted by Gasteiger charge is -2.44. The number of likely N-dealkylation sites (tertiary alicyclic amines) is 1. The van der Waals surface area contributed by atoms with E-state index in [1.54, 1.807) is 35.6 Å². The highest BCUT2D eigenvalue weighted by Crippen LogP contribution is 2.62. The van der Waals surface area contributed by atoms with Crippen LogP contribution in [-0.4, -0.2) is 63.3 Å². The number of nitrogens with zero attached hydrogens (tertiary/aromatic N) is 2. The average Bonchev–Trinajstić information content (AvgIpc) is 3.25.